The lowest BCUT2D eigenvalue weighted by Gasteiger charge is -2.10. The van der Waals surface area contributed by atoms with Crippen LogP contribution in [0.25, 0.3) is 0 Å². The molecule has 1 aromatic carbocycles. The van der Waals surface area contributed by atoms with Crippen LogP contribution in [0.15, 0.2) is 28.6 Å². The molecule has 0 aliphatic carbocycles. The molecule has 2 aromatic rings. The lowest BCUT2D eigenvalue weighted by Crippen LogP contribution is -2.42. The van der Waals surface area contributed by atoms with Gasteiger partial charge in [0.05, 0.1) is 17.5 Å². The Balaban J connectivity index is 1.95. The zero-order valence-corrected chi connectivity index (χ0v) is 16.4. The van der Waals surface area contributed by atoms with Crippen molar-refractivity contribution in [2.24, 2.45) is 0 Å². The molecule has 0 radical (unpaired) electrons. The highest BCUT2D eigenvalue weighted by Gasteiger charge is 2.19. The highest BCUT2D eigenvalue weighted by atomic mass is 32.2. The van der Waals surface area contributed by atoms with Gasteiger partial charge in [-0.3, -0.25) is 10.1 Å². The summed E-state index contributed by atoms with van der Waals surface area (Å²) in [7, 11) is 0. The van der Waals surface area contributed by atoms with Crippen LogP contribution in [0.3, 0.4) is 0 Å². The van der Waals surface area contributed by atoms with Crippen molar-refractivity contribution < 1.29 is 14.3 Å². The van der Waals surface area contributed by atoms with E-state index in [0.29, 0.717) is 22.6 Å². The van der Waals surface area contributed by atoms with Gasteiger partial charge in [-0.25, -0.2) is 4.79 Å². The largest absolute Gasteiger partial charge is 0.492 e. The van der Waals surface area contributed by atoms with Crippen LogP contribution >= 0.6 is 23.1 Å². The molecule has 8 nitrogen and oxygen atoms in total. The maximum atomic E-state index is 12.0. The first-order valence-corrected chi connectivity index (χ1v) is 9.80. The van der Waals surface area contributed by atoms with Gasteiger partial charge in [-0.1, -0.05) is 35.2 Å². The number of anilines is 2. The second-order valence-corrected chi connectivity index (χ2v) is 7.60. The number of urea groups is 1. The van der Waals surface area contributed by atoms with Crippen LogP contribution in [0.5, 0.6) is 5.75 Å². The average Bonchev–Trinajstić information content (AvgIpc) is 3.04. The molecule has 0 aliphatic rings. The number of benzene rings is 1. The number of hydrogen-bond donors (Lipinski definition) is 3. The molecule has 0 fully saturated rings. The number of hydrogen-bond acceptors (Lipinski definition) is 8. The van der Waals surface area contributed by atoms with Crippen molar-refractivity contribution in [2.75, 3.05) is 18.5 Å². The summed E-state index contributed by atoms with van der Waals surface area (Å²) in [5.74, 6) is 0.349. The van der Waals surface area contributed by atoms with Crippen molar-refractivity contribution >= 4 is 45.9 Å². The normalized spacial score (nSPS) is 11.5. The van der Waals surface area contributed by atoms with Gasteiger partial charge in [0.25, 0.3) is 0 Å². The lowest BCUT2D eigenvalue weighted by molar-refractivity contribution is -0.119. The number of carbonyl (C=O) groups is 2. The number of carbonyl (C=O) groups excluding carboxylic acids is 2. The number of nitrogens with zero attached hydrogens (tertiary/aromatic N) is 2. The third-order valence-electron chi connectivity index (χ3n) is 3.06. The fraction of sp³-hybridized carbons (Fsp3) is 0.375. The summed E-state index contributed by atoms with van der Waals surface area (Å²) in [6.45, 7) is 6.42. The third-order valence-corrected chi connectivity index (χ3v) is 5.08. The number of thioether (sulfide) groups is 1. The third kappa shape index (κ3) is 5.88. The Bertz CT molecular complexity index is 753. The van der Waals surface area contributed by atoms with Crippen molar-refractivity contribution in [1.29, 1.82) is 0 Å². The maximum Gasteiger partial charge on any atom is 0.321 e. The van der Waals surface area contributed by atoms with Crippen LogP contribution in [0, 0.1) is 0 Å². The monoisotopic (exact) mass is 395 g/mol. The molecular formula is C16H21N5O3S2. The number of rotatable bonds is 8. The summed E-state index contributed by atoms with van der Waals surface area (Å²) < 4.78 is 6.19. The van der Waals surface area contributed by atoms with Gasteiger partial charge in [0, 0.05) is 6.54 Å². The summed E-state index contributed by atoms with van der Waals surface area (Å²) in [5, 5.41) is 16.2. The van der Waals surface area contributed by atoms with Crippen molar-refractivity contribution in [3.05, 3.63) is 24.3 Å². The van der Waals surface area contributed by atoms with Crippen LogP contribution in [-0.4, -0.2) is 40.5 Å². The molecule has 140 valence electrons. The number of nitrogens with one attached hydrogen (secondary N) is 3. The molecular weight excluding hydrogens is 374 g/mol. The molecule has 0 aliphatic heterocycles. The highest BCUT2D eigenvalue weighted by Crippen LogP contribution is 2.33. The molecule has 2 rings (SSSR count). The van der Waals surface area contributed by atoms with Gasteiger partial charge in [0.15, 0.2) is 4.34 Å². The summed E-state index contributed by atoms with van der Waals surface area (Å²) in [6, 6.07) is 7.05. The van der Waals surface area contributed by atoms with Crippen molar-refractivity contribution in [2.45, 2.75) is 30.4 Å². The second kappa shape index (κ2) is 9.97. The topological polar surface area (TPSA) is 105 Å². The molecule has 3 amide bonds. The summed E-state index contributed by atoms with van der Waals surface area (Å²) >= 11 is 2.56. The van der Waals surface area contributed by atoms with Crippen molar-refractivity contribution in [3.8, 4) is 5.75 Å². The van der Waals surface area contributed by atoms with Gasteiger partial charge in [0.1, 0.15) is 5.75 Å². The summed E-state index contributed by atoms with van der Waals surface area (Å²) in [5.41, 5.74) is 0.795. The Morgan fingerprint density at radius 3 is 2.77 bits per heavy atom. The van der Waals surface area contributed by atoms with E-state index in [1.807, 2.05) is 31.2 Å². The van der Waals surface area contributed by atoms with Crippen LogP contribution in [-0.2, 0) is 4.79 Å². The molecule has 0 spiro atoms. The molecule has 1 atom stereocenters. The molecule has 0 bridgehead atoms. The van der Waals surface area contributed by atoms with Crippen molar-refractivity contribution in [3.63, 3.8) is 0 Å². The Hall–Kier alpha value is -2.33. The number of aromatic nitrogens is 2. The van der Waals surface area contributed by atoms with Crippen LogP contribution in [0.2, 0.25) is 0 Å². The molecule has 26 heavy (non-hydrogen) atoms. The maximum absolute atomic E-state index is 12.0. The Morgan fingerprint density at radius 2 is 2.04 bits per heavy atom. The van der Waals surface area contributed by atoms with E-state index < -0.39 is 11.3 Å². The Morgan fingerprint density at radius 1 is 1.27 bits per heavy atom. The molecule has 10 heteroatoms. The predicted molar refractivity (Wildman–Crippen MR) is 103 cm³/mol. The van der Waals surface area contributed by atoms with E-state index in [1.54, 1.807) is 13.8 Å². The fourth-order valence-electron chi connectivity index (χ4n) is 1.90. The molecule has 1 heterocycles. The zero-order chi connectivity index (χ0) is 18.9. The molecule has 1 aromatic heterocycles. The highest BCUT2D eigenvalue weighted by molar-refractivity contribution is 8.02. The van der Waals surface area contributed by atoms with Crippen molar-refractivity contribution in [1.82, 2.24) is 20.8 Å². The first-order valence-electron chi connectivity index (χ1n) is 8.11. The van der Waals surface area contributed by atoms with Gasteiger partial charge in [-0.05, 0) is 32.9 Å². The number of ether oxygens (including phenoxy) is 1. The van der Waals surface area contributed by atoms with E-state index in [1.165, 1.54) is 23.1 Å². The first kappa shape index (κ1) is 20.0. The number of amides is 3. The molecule has 0 saturated heterocycles. The fourth-order valence-corrected chi connectivity index (χ4v) is 3.81. The van der Waals surface area contributed by atoms with E-state index in [9.17, 15) is 9.59 Å². The zero-order valence-electron chi connectivity index (χ0n) is 14.7. The van der Waals surface area contributed by atoms with Gasteiger partial charge in [-0.2, -0.15) is 0 Å². The SMILES string of the molecule is CCNC(=O)NC(=O)[C@@H](C)Sc1nnc(Nc2ccccc2OCC)s1. The van der Waals surface area contributed by atoms with Gasteiger partial charge in [-0.15, -0.1) is 10.2 Å². The van der Waals surface area contributed by atoms with E-state index in [0.717, 1.165) is 11.4 Å². The minimum atomic E-state index is -0.503. The quantitative estimate of drug-likeness (QED) is 0.590. The Kier molecular flexibility index (Phi) is 7.67. The average molecular weight is 396 g/mol. The predicted octanol–water partition coefficient (Wildman–Crippen LogP) is 3.01. The first-order chi connectivity index (χ1) is 12.5. The lowest BCUT2D eigenvalue weighted by atomic mass is 10.3. The van der Waals surface area contributed by atoms with Gasteiger partial charge >= 0.3 is 6.03 Å². The summed E-state index contributed by atoms with van der Waals surface area (Å²) in [4.78, 5) is 23.4. The molecule has 0 saturated carbocycles. The van der Waals surface area contributed by atoms with Crippen LogP contribution in [0.1, 0.15) is 20.8 Å². The van der Waals surface area contributed by atoms with E-state index in [4.69, 9.17) is 4.74 Å². The minimum absolute atomic E-state index is 0.382. The minimum Gasteiger partial charge on any atom is -0.492 e. The summed E-state index contributed by atoms with van der Waals surface area (Å²) in [6.07, 6.45) is 0. The second-order valence-electron chi connectivity index (χ2n) is 5.04. The molecule has 3 N–H and O–H groups in total. The van der Waals surface area contributed by atoms with Crippen LogP contribution in [0.4, 0.5) is 15.6 Å². The number of para-hydroxylation sites is 2. The number of imide groups is 1. The van der Waals surface area contributed by atoms with E-state index in [2.05, 4.69) is 26.1 Å². The van der Waals surface area contributed by atoms with Gasteiger partial charge < -0.3 is 15.4 Å². The smallest absolute Gasteiger partial charge is 0.321 e. The van der Waals surface area contributed by atoms with Crippen LogP contribution < -0.4 is 20.7 Å². The van der Waals surface area contributed by atoms with Gasteiger partial charge in [0.2, 0.25) is 11.0 Å². The standard InChI is InChI=1S/C16H21N5O3S2/c1-4-17-14(23)19-13(22)10(3)25-16-21-20-15(26-16)18-11-8-6-7-9-12(11)24-5-2/h6-10H,4-5H2,1-3H3,(H,18,20)(H2,17,19,22,23)/t10-/m1/s1. The molecule has 0 unspecified atom stereocenters. The van der Waals surface area contributed by atoms with E-state index in [-0.39, 0.29) is 5.91 Å². The Labute approximate surface area is 160 Å². The van der Waals surface area contributed by atoms with E-state index >= 15 is 0 Å².